The molecule has 0 fully saturated rings. The lowest BCUT2D eigenvalue weighted by atomic mass is 9.98. The van der Waals surface area contributed by atoms with Crippen molar-refractivity contribution in [1.29, 1.82) is 0 Å². The van der Waals surface area contributed by atoms with Crippen molar-refractivity contribution in [3.63, 3.8) is 0 Å². The van der Waals surface area contributed by atoms with E-state index in [0.717, 1.165) is 32.5 Å². The zero-order valence-electron chi connectivity index (χ0n) is 16.5. The van der Waals surface area contributed by atoms with Crippen LogP contribution in [0.25, 0.3) is 10.9 Å². The molecule has 1 aliphatic heterocycles. The Kier molecular flexibility index (Phi) is 4.62. The maximum absolute atomic E-state index is 2.61. The molecule has 1 aromatic heterocycles. The molecule has 0 N–H and O–H groups in total. The first kappa shape index (κ1) is 17.4. The summed E-state index contributed by atoms with van der Waals surface area (Å²) in [6.07, 6.45) is 2.25. The van der Waals surface area contributed by atoms with E-state index in [9.17, 15) is 0 Å². The lowest BCUT2D eigenvalue weighted by molar-refractivity contribution is 0.192. The molecule has 2 heteroatoms. The maximum atomic E-state index is 2.61. The Bertz CT molecular complexity index is 918. The second-order valence-electron chi connectivity index (χ2n) is 7.95. The first-order chi connectivity index (χ1) is 12.6. The van der Waals surface area contributed by atoms with E-state index >= 15 is 0 Å². The molecule has 0 saturated heterocycles. The fourth-order valence-electron chi connectivity index (χ4n) is 4.44. The second kappa shape index (κ2) is 6.92. The van der Waals surface area contributed by atoms with Gasteiger partial charge in [-0.3, -0.25) is 4.90 Å². The van der Waals surface area contributed by atoms with Gasteiger partial charge in [0.05, 0.1) is 0 Å². The quantitative estimate of drug-likeness (QED) is 0.625. The predicted molar refractivity (Wildman–Crippen MR) is 111 cm³/mol. The highest BCUT2D eigenvalue weighted by Gasteiger charge is 2.27. The summed E-state index contributed by atoms with van der Waals surface area (Å²) in [6.45, 7) is 12.3. The molecule has 0 aliphatic carbocycles. The van der Waals surface area contributed by atoms with Gasteiger partial charge < -0.3 is 4.57 Å². The molecule has 0 saturated carbocycles. The summed E-state index contributed by atoms with van der Waals surface area (Å²) in [4.78, 5) is 2.61. The van der Waals surface area contributed by atoms with E-state index in [0.29, 0.717) is 6.04 Å². The van der Waals surface area contributed by atoms with E-state index in [2.05, 4.69) is 79.6 Å². The van der Waals surface area contributed by atoms with Crippen LogP contribution in [0.2, 0.25) is 0 Å². The lowest BCUT2D eigenvalue weighted by Gasteiger charge is -2.33. The van der Waals surface area contributed by atoms with Gasteiger partial charge in [-0.2, -0.15) is 0 Å². The zero-order chi connectivity index (χ0) is 18.3. The number of hydrogen-bond acceptors (Lipinski definition) is 1. The standard InChI is InChI=1S/C24H30N2/c1-5-25-16-22-21-14-18(3)8-11-23(21)26(24(22)15-19(25)4)13-12-20-9-6-17(2)7-10-20/h6-11,14,19H,5,12-13,15-16H2,1-4H3. The largest absolute Gasteiger partial charge is 0.344 e. The van der Waals surface area contributed by atoms with Gasteiger partial charge in [-0.15, -0.1) is 0 Å². The minimum Gasteiger partial charge on any atom is -0.344 e. The third-order valence-electron chi connectivity index (χ3n) is 6.07. The highest BCUT2D eigenvalue weighted by atomic mass is 15.2. The fourth-order valence-corrected chi connectivity index (χ4v) is 4.44. The molecule has 1 atom stereocenters. The first-order valence-electron chi connectivity index (χ1n) is 9.97. The number of aromatic nitrogens is 1. The van der Waals surface area contributed by atoms with Crippen LogP contribution < -0.4 is 0 Å². The Morgan fingerprint density at radius 1 is 1.00 bits per heavy atom. The van der Waals surface area contributed by atoms with Gasteiger partial charge in [0.15, 0.2) is 0 Å². The first-order valence-corrected chi connectivity index (χ1v) is 9.97. The van der Waals surface area contributed by atoms with Gasteiger partial charge in [0.1, 0.15) is 0 Å². The van der Waals surface area contributed by atoms with Crippen molar-refractivity contribution in [3.05, 3.63) is 70.4 Å². The van der Waals surface area contributed by atoms with Crippen LogP contribution in [0.15, 0.2) is 42.5 Å². The van der Waals surface area contributed by atoms with Crippen LogP contribution in [0.5, 0.6) is 0 Å². The van der Waals surface area contributed by atoms with Gasteiger partial charge in [-0.1, -0.05) is 48.4 Å². The summed E-state index contributed by atoms with van der Waals surface area (Å²) in [7, 11) is 0. The van der Waals surface area contributed by atoms with Gasteiger partial charge >= 0.3 is 0 Å². The van der Waals surface area contributed by atoms with Crippen LogP contribution in [0.3, 0.4) is 0 Å². The van der Waals surface area contributed by atoms with Crippen molar-refractivity contribution in [2.75, 3.05) is 6.54 Å². The molecule has 0 spiro atoms. The predicted octanol–water partition coefficient (Wildman–Crippen LogP) is 5.27. The average Bonchev–Trinajstić information content (AvgIpc) is 2.92. The van der Waals surface area contributed by atoms with Crippen LogP contribution in [0.4, 0.5) is 0 Å². The third kappa shape index (κ3) is 3.07. The molecule has 0 bridgehead atoms. The molecule has 26 heavy (non-hydrogen) atoms. The Balaban J connectivity index is 1.74. The number of fused-ring (bicyclic) bond motifs is 3. The van der Waals surface area contributed by atoms with Crippen molar-refractivity contribution >= 4 is 10.9 Å². The summed E-state index contributed by atoms with van der Waals surface area (Å²) in [5, 5.41) is 1.47. The molecule has 0 amide bonds. The van der Waals surface area contributed by atoms with E-state index in [1.54, 1.807) is 11.3 Å². The normalized spacial score (nSPS) is 17.6. The highest BCUT2D eigenvalue weighted by Crippen LogP contribution is 2.33. The molecular formula is C24H30N2. The summed E-state index contributed by atoms with van der Waals surface area (Å²) in [6, 6.07) is 16.6. The minimum atomic E-state index is 0.621. The zero-order valence-corrected chi connectivity index (χ0v) is 16.5. The molecule has 2 heterocycles. The van der Waals surface area contributed by atoms with Crippen LogP contribution in [0, 0.1) is 13.8 Å². The molecule has 1 unspecified atom stereocenters. The molecule has 0 radical (unpaired) electrons. The van der Waals surface area contributed by atoms with Gasteiger partial charge in [0, 0.05) is 42.1 Å². The highest BCUT2D eigenvalue weighted by molar-refractivity contribution is 5.86. The van der Waals surface area contributed by atoms with Gasteiger partial charge in [0.25, 0.3) is 0 Å². The second-order valence-corrected chi connectivity index (χ2v) is 7.95. The average molecular weight is 347 g/mol. The van der Waals surface area contributed by atoms with Gasteiger partial charge in [-0.25, -0.2) is 0 Å². The molecule has 136 valence electrons. The van der Waals surface area contributed by atoms with Gasteiger partial charge in [0.2, 0.25) is 0 Å². The monoisotopic (exact) mass is 346 g/mol. The Labute approximate surface area is 157 Å². The van der Waals surface area contributed by atoms with Gasteiger partial charge in [-0.05, 0) is 57.0 Å². The molecule has 4 rings (SSSR count). The molecular weight excluding hydrogens is 316 g/mol. The number of likely N-dealkylation sites (N-methyl/N-ethyl adjacent to an activating group) is 1. The topological polar surface area (TPSA) is 8.17 Å². The van der Waals surface area contributed by atoms with Crippen molar-refractivity contribution in [1.82, 2.24) is 9.47 Å². The van der Waals surface area contributed by atoms with Crippen LogP contribution in [-0.2, 0) is 25.9 Å². The third-order valence-corrected chi connectivity index (χ3v) is 6.07. The van der Waals surface area contributed by atoms with Crippen molar-refractivity contribution < 1.29 is 0 Å². The fraction of sp³-hybridized carbons (Fsp3) is 0.417. The Morgan fingerprint density at radius 3 is 2.46 bits per heavy atom. The van der Waals surface area contributed by atoms with Crippen LogP contribution >= 0.6 is 0 Å². The van der Waals surface area contributed by atoms with Crippen molar-refractivity contribution in [3.8, 4) is 0 Å². The maximum Gasteiger partial charge on any atom is 0.0486 e. The summed E-state index contributed by atoms with van der Waals surface area (Å²) in [5.41, 5.74) is 8.66. The van der Waals surface area contributed by atoms with Crippen LogP contribution in [0.1, 0.15) is 41.8 Å². The van der Waals surface area contributed by atoms with E-state index in [1.165, 1.54) is 27.6 Å². The van der Waals surface area contributed by atoms with E-state index < -0.39 is 0 Å². The number of benzene rings is 2. The Hall–Kier alpha value is -2.06. The number of nitrogens with zero attached hydrogens (tertiary/aromatic N) is 2. The number of aryl methyl sites for hydroxylation is 4. The molecule has 1 aliphatic rings. The van der Waals surface area contributed by atoms with E-state index in [1.807, 2.05) is 0 Å². The molecule has 3 aromatic rings. The Morgan fingerprint density at radius 2 is 1.73 bits per heavy atom. The van der Waals surface area contributed by atoms with Crippen molar-refractivity contribution in [2.24, 2.45) is 0 Å². The number of hydrogen-bond donors (Lipinski definition) is 0. The van der Waals surface area contributed by atoms with E-state index in [4.69, 9.17) is 0 Å². The summed E-state index contributed by atoms with van der Waals surface area (Å²) >= 11 is 0. The van der Waals surface area contributed by atoms with E-state index in [-0.39, 0.29) is 0 Å². The van der Waals surface area contributed by atoms with Crippen molar-refractivity contribution in [2.45, 2.75) is 59.7 Å². The van der Waals surface area contributed by atoms with Crippen LogP contribution in [-0.4, -0.2) is 22.1 Å². The summed E-state index contributed by atoms with van der Waals surface area (Å²) < 4.78 is 2.60. The number of rotatable bonds is 4. The SMILES string of the molecule is CCN1Cc2c(n(CCc3ccc(C)cc3)c3ccc(C)cc23)CC1C. The molecule has 2 nitrogen and oxygen atoms in total. The molecule has 2 aromatic carbocycles. The minimum absolute atomic E-state index is 0.621. The lowest BCUT2D eigenvalue weighted by Crippen LogP contribution is -2.38. The summed E-state index contributed by atoms with van der Waals surface area (Å²) in [5.74, 6) is 0. The smallest absolute Gasteiger partial charge is 0.0486 e.